The SMILES string of the molecule is CNc1nnc(-c2ccccc2)n1-c1c(OC)cccc1OC. The molecule has 6 nitrogen and oxygen atoms in total. The number of para-hydroxylation sites is 1. The van der Waals surface area contributed by atoms with Crippen LogP contribution >= 0.6 is 0 Å². The Kier molecular flexibility index (Phi) is 4.14. The minimum absolute atomic E-state index is 0.603. The maximum atomic E-state index is 5.52. The van der Waals surface area contributed by atoms with Crippen LogP contribution in [0.4, 0.5) is 5.95 Å². The van der Waals surface area contributed by atoms with Crippen molar-refractivity contribution in [2.75, 3.05) is 26.6 Å². The Morgan fingerprint density at radius 1 is 0.870 bits per heavy atom. The van der Waals surface area contributed by atoms with Gasteiger partial charge < -0.3 is 14.8 Å². The van der Waals surface area contributed by atoms with Gasteiger partial charge >= 0.3 is 0 Å². The Hall–Kier alpha value is -3.02. The van der Waals surface area contributed by atoms with Gasteiger partial charge in [0.2, 0.25) is 5.95 Å². The average molecular weight is 310 g/mol. The van der Waals surface area contributed by atoms with Gasteiger partial charge in [0.15, 0.2) is 5.82 Å². The van der Waals surface area contributed by atoms with Crippen LogP contribution in [0.25, 0.3) is 17.1 Å². The highest BCUT2D eigenvalue weighted by Crippen LogP contribution is 2.37. The van der Waals surface area contributed by atoms with Crippen LogP contribution in [0.3, 0.4) is 0 Å². The Bertz CT molecular complexity index is 777. The summed E-state index contributed by atoms with van der Waals surface area (Å²) in [5.41, 5.74) is 1.71. The second-order valence-corrected chi connectivity index (χ2v) is 4.81. The van der Waals surface area contributed by atoms with Gasteiger partial charge in [-0.3, -0.25) is 4.57 Å². The van der Waals surface area contributed by atoms with Crippen LogP contribution in [0, 0.1) is 0 Å². The molecule has 0 amide bonds. The number of anilines is 1. The molecule has 1 N–H and O–H groups in total. The highest BCUT2D eigenvalue weighted by atomic mass is 16.5. The number of benzene rings is 2. The van der Waals surface area contributed by atoms with Crippen molar-refractivity contribution in [3.63, 3.8) is 0 Å². The minimum atomic E-state index is 0.603. The van der Waals surface area contributed by atoms with Crippen LogP contribution < -0.4 is 14.8 Å². The second-order valence-electron chi connectivity index (χ2n) is 4.81. The summed E-state index contributed by atoms with van der Waals surface area (Å²) in [6.07, 6.45) is 0. The molecule has 2 aromatic carbocycles. The van der Waals surface area contributed by atoms with E-state index in [1.807, 2.05) is 53.1 Å². The zero-order valence-corrected chi connectivity index (χ0v) is 13.3. The lowest BCUT2D eigenvalue weighted by Gasteiger charge is -2.17. The summed E-state index contributed by atoms with van der Waals surface area (Å²) in [6, 6.07) is 15.5. The molecule has 0 spiro atoms. The fraction of sp³-hybridized carbons (Fsp3) is 0.176. The van der Waals surface area contributed by atoms with Gasteiger partial charge in [-0.1, -0.05) is 36.4 Å². The maximum Gasteiger partial charge on any atom is 0.229 e. The van der Waals surface area contributed by atoms with E-state index in [2.05, 4.69) is 15.5 Å². The van der Waals surface area contributed by atoms with Gasteiger partial charge in [-0.05, 0) is 12.1 Å². The lowest BCUT2D eigenvalue weighted by atomic mass is 10.2. The van der Waals surface area contributed by atoms with Crippen molar-refractivity contribution < 1.29 is 9.47 Å². The lowest BCUT2D eigenvalue weighted by molar-refractivity contribution is 0.391. The largest absolute Gasteiger partial charge is 0.494 e. The highest BCUT2D eigenvalue weighted by molar-refractivity contribution is 5.67. The molecule has 0 atom stereocenters. The van der Waals surface area contributed by atoms with Crippen LogP contribution in [-0.2, 0) is 0 Å². The number of methoxy groups -OCH3 is 2. The summed E-state index contributed by atoms with van der Waals surface area (Å²) >= 11 is 0. The van der Waals surface area contributed by atoms with E-state index in [1.54, 1.807) is 21.3 Å². The molecule has 0 unspecified atom stereocenters. The molecule has 23 heavy (non-hydrogen) atoms. The number of hydrogen-bond acceptors (Lipinski definition) is 5. The molecule has 1 heterocycles. The lowest BCUT2D eigenvalue weighted by Crippen LogP contribution is -2.07. The van der Waals surface area contributed by atoms with Crippen molar-refractivity contribution in [3.05, 3.63) is 48.5 Å². The molecule has 118 valence electrons. The molecule has 6 heteroatoms. The number of hydrogen-bond donors (Lipinski definition) is 1. The number of aromatic nitrogens is 3. The Morgan fingerprint density at radius 2 is 1.52 bits per heavy atom. The maximum absolute atomic E-state index is 5.52. The first-order valence-corrected chi connectivity index (χ1v) is 7.20. The van der Waals surface area contributed by atoms with E-state index in [0.29, 0.717) is 23.3 Å². The molecule has 0 aliphatic carbocycles. The molecule has 0 aliphatic rings. The molecule has 0 saturated carbocycles. The normalized spacial score (nSPS) is 10.4. The summed E-state index contributed by atoms with van der Waals surface area (Å²) < 4.78 is 12.9. The van der Waals surface area contributed by atoms with E-state index >= 15 is 0 Å². The molecule has 0 aliphatic heterocycles. The smallest absolute Gasteiger partial charge is 0.229 e. The fourth-order valence-electron chi connectivity index (χ4n) is 2.48. The molecule has 0 fully saturated rings. The Morgan fingerprint density at radius 3 is 2.09 bits per heavy atom. The summed E-state index contributed by atoms with van der Waals surface area (Å²) in [7, 11) is 5.06. The van der Waals surface area contributed by atoms with Gasteiger partial charge in [-0.2, -0.15) is 0 Å². The Labute approximate surface area is 134 Å². The standard InChI is InChI=1S/C17H18N4O2/c1-18-17-20-19-16(12-8-5-4-6-9-12)21(17)15-13(22-2)10-7-11-14(15)23-3/h4-11H,1-3H3,(H,18,20). The van der Waals surface area contributed by atoms with Crippen molar-refractivity contribution in [1.82, 2.24) is 14.8 Å². The van der Waals surface area contributed by atoms with Gasteiger partial charge in [-0.25, -0.2) is 0 Å². The van der Waals surface area contributed by atoms with E-state index in [4.69, 9.17) is 9.47 Å². The predicted octanol–water partition coefficient (Wildman–Crippen LogP) is 2.99. The fourth-order valence-corrected chi connectivity index (χ4v) is 2.48. The van der Waals surface area contributed by atoms with Crippen molar-refractivity contribution >= 4 is 5.95 Å². The molecule has 0 bridgehead atoms. The summed E-state index contributed by atoms with van der Waals surface area (Å²) in [5, 5.41) is 11.6. The van der Waals surface area contributed by atoms with E-state index in [1.165, 1.54) is 0 Å². The summed E-state index contributed by atoms with van der Waals surface area (Å²) in [4.78, 5) is 0. The van der Waals surface area contributed by atoms with Gasteiger partial charge in [0.05, 0.1) is 14.2 Å². The number of nitrogens with zero attached hydrogens (tertiary/aromatic N) is 3. The average Bonchev–Trinajstić information content (AvgIpc) is 3.05. The van der Waals surface area contributed by atoms with Gasteiger partial charge in [0, 0.05) is 12.6 Å². The first kappa shape index (κ1) is 14.9. The van der Waals surface area contributed by atoms with E-state index in [9.17, 15) is 0 Å². The van der Waals surface area contributed by atoms with Crippen molar-refractivity contribution in [1.29, 1.82) is 0 Å². The van der Waals surface area contributed by atoms with Gasteiger partial charge in [-0.15, -0.1) is 10.2 Å². The summed E-state index contributed by atoms with van der Waals surface area (Å²) in [5.74, 6) is 2.67. The quantitative estimate of drug-likeness (QED) is 0.785. The molecule has 3 rings (SSSR count). The molecule has 0 radical (unpaired) electrons. The topological polar surface area (TPSA) is 61.2 Å². The zero-order valence-electron chi connectivity index (χ0n) is 13.3. The number of ether oxygens (including phenoxy) is 2. The van der Waals surface area contributed by atoms with Crippen LogP contribution in [-0.4, -0.2) is 36.0 Å². The highest BCUT2D eigenvalue weighted by Gasteiger charge is 2.21. The van der Waals surface area contributed by atoms with E-state index in [0.717, 1.165) is 11.3 Å². The monoisotopic (exact) mass is 310 g/mol. The van der Waals surface area contributed by atoms with Crippen molar-refractivity contribution in [2.24, 2.45) is 0 Å². The molecule has 0 saturated heterocycles. The third kappa shape index (κ3) is 2.59. The van der Waals surface area contributed by atoms with Gasteiger partial charge in [0.25, 0.3) is 0 Å². The molecular formula is C17H18N4O2. The summed E-state index contributed by atoms with van der Waals surface area (Å²) in [6.45, 7) is 0. The van der Waals surface area contributed by atoms with Crippen LogP contribution in [0.5, 0.6) is 11.5 Å². The zero-order chi connectivity index (χ0) is 16.2. The van der Waals surface area contributed by atoms with Crippen molar-refractivity contribution in [3.8, 4) is 28.6 Å². The second kappa shape index (κ2) is 6.39. The van der Waals surface area contributed by atoms with Crippen LogP contribution in [0.1, 0.15) is 0 Å². The third-order valence-electron chi connectivity index (χ3n) is 3.54. The number of nitrogens with one attached hydrogen (secondary N) is 1. The third-order valence-corrected chi connectivity index (χ3v) is 3.54. The van der Waals surface area contributed by atoms with E-state index in [-0.39, 0.29) is 0 Å². The first-order chi connectivity index (χ1) is 11.3. The van der Waals surface area contributed by atoms with E-state index < -0.39 is 0 Å². The Balaban J connectivity index is 2.31. The number of rotatable bonds is 5. The van der Waals surface area contributed by atoms with Gasteiger partial charge in [0.1, 0.15) is 17.2 Å². The molecular weight excluding hydrogens is 292 g/mol. The van der Waals surface area contributed by atoms with Crippen LogP contribution in [0.15, 0.2) is 48.5 Å². The predicted molar refractivity (Wildman–Crippen MR) is 89.4 cm³/mol. The molecule has 1 aromatic heterocycles. The minimum Gasteiger partial charge on any atom is -0.494 e. The van der Waals surface area contributed by atoms with Crippen molar-refractivity contribution in [2.45, 2.75) is 0 Å². The van der Waals surface area contributed by atoms with Crippen LogP contribution in [0.2, 0.25) is 0 Å². The first-order valence-electron chi connectivity index (χ1n) is 7.20. The molecule has 3 aromatic rings.